The number of carboxylic acid groups (broad SMARTS) is 1. The number of aryl methyl sites for hydroxylation is 1. The van der Waals surface area contributed by atoms with E-state index in [9.17, 15) is 9.90 Å². The molecule has 0 aliphatic heterocycles. The molecule has 0 amide bonds. The van der Waals surface area contributed by atoms with E-state index in [1.807, 2.05) is 26.0 Å². The molecule has 0 aromatic heterocycles. The van der Waals surface area contributed by atoms with Crippen LogP contribution in [0.1, 0.15) is 17.5 Å². The van der Waals surface area contributed by atoms with Gasteiger partial charge in [-0.1, -0.05) is 12.1 Å². The lowest BCUT2D eigenvalue weighted by Crippen LogP contribution is -2.21. The smallest absolute Gasteiger partial charge is 0.306 e. The van der Waals surface area contributed by atoms with Crippen LogP contribution in [0.25, 0.3) is 0 Å². The predicted molar refractivity (Wildman–Crippen MR) is 59.7 cm³/mol. The summed E-state index contributed by atoms with van der Waals surface area (Å²) >= 11 is 0. The van der Waals surface area contributed by atoms with Gasteiger partial charge in [0.2, 0.25) is 0 Å². The summed E-state index contributed by atoms with van der Waals surface area (Å²) in [5, 5.41) is 17.8. The minimum Gasteiger partial charge on any atom is -0.491 e. The molecule has 0 radical (unpaired) electrons. The Bertz CT molecular complexity index is 373. The van der Waals surface area contributed by atoms with Crippen molar-refractivity contribution in [1.82, 2.24) is 0 Å². The zero-order chi connectivity index (χ0) is 12.1. The third-order valence-corrected chi connectivity index (χ3v) is 2.40. The van der Waals surface area contributed by atoms with Crippen molar-refractivity contribution in [3.63, 3.8) is 0 Å². The zero-order valence-electron chi connectivity index (χ0n) is 9.43. The van der Waals surface area contributed by atoms with Crippen molar-refractivity contribution >= 4 is 5.97 Å². The van der Waals surface area contributed by atoms with Crippen molar-refractivity contribution in [3.05, 3.63) is 29.3 Å². The Hall–Kier alpha value is -1.55. The van der Waals surface area contributed by atoms with E-state index in [-0.39, 0.29) is 13.0 Å². The molecule has 0 bridgehead atoms. The fraction of sp³-hybridized carbons (Fsp3) is 0.417. The van der Waals surface area contributed by atoms with Crippen molar-refractivity contribution in [1.29, 1.82) is 0 Å². The average molecular weight is 224 g/mol. The molecule has 0 saturated heterocycles. The van der Waals surface area contributed by atoms with Crippen LogP contribution in [0.5, 0.6) is 5.75 Å². The fourth-order valence-corrected chi connectivity index (χ4v) is 1.33. The van der Waals surface area contributed by atoms with Crippen molar-refractivity contribution < 1.29 is 19.7 Å². The van der Waals surface area contributed by atoms with Crippen LogP contribution in [0.3, 0.4) is 0 Å². The summed E-state index contributed by atoms with van der Waals surface area (Å²) in [6, 6.07) is 5.63. The Morgan fingerprint density at radius 3 is 2.75 bits per heavy atom. The van der Waals surface area contributed by atoms with E-state index >= 15 is 0 Å². The summed E-state index contributed by atoms with van der Waals surface area (Å²) in [4.78, 5) is 10.3. The monoisotopic (exact) mass is 224 g/mol. The van der Waals surface area contributed by atoms with E-state index in [0.717, 1.165) is 11.1 Å². The van der Waals surface area contributed by atoms with Gasteiger partial charge in [-0.15, -0.1) is 0 Å². The molecule has 4 heteroatoms. The number of aliphatic hydroxyl groups excluding tert-OH is 1. The number of hydrogen-bond donors (Lipinski definition) is 2. The maximum Gasteiger partial charge on any atom is 0.306 e. The maximum atomic E-state index is 10.3. The maximum absolute atomic E-state index is 10.3. The highest BCUT2D eigenvalue weighted by molar-refractivity contribution is 5.67. The summed E-state index contributed by atoms with van der Waals surface area (Å²) in [6.07, 6.45) is -1.28. The first-order valence-corrected chi connectivity index (χ1v) is 5.09. The number of aliphatic hydroxyl groups is 1. The normalized spacial score (nSPS) is 12.2. The molecule has 1 rings (SSSR count). The van der Waals surface area contributed by atoms with E-state index in [1.54, 1.807) is 6.07 Å². The van der Waals surface area contributed by atoms with Crippen LogP contribution in [0.15, 0.2) is 18.2 Å². The summed E-state index contributed by atoms with van der Waals surface area (Å²) in [5.74, 6) is -0.346. The molecule has 1 aromatic rings. The number of ether oxygens (including phenoxy) is 1. The van der Waals surface area contributed by atoms with E-state index in [0.29, 0.717) is 5.75 Å². The molecular formula is C12H16O4. The van der Waals surface area contributed by atoms with E-state index in [4.69, 9.17) is 9.84 Å². The quantitative estimate of drug-likeness (QED) is 0.795. The van der Waals surface area contributed by atoms with Gasteiger partial charge in [-0.25, -0.2) is 0 Å². The molecule has 1 aromatic carbocycles. The van der Waals surface area contributed by atoms with Crippen LogP contribution in [-0.4, -0.2) is 28.9 Å². The largest absolute Gasteiger partial charge is 0.491 e. The Labute approximate surface area is 94.5 Å². The minimum absolute atomic E-state index is 0.00338. The molecule has 1 unspecified atom stereocenters. The molecule has 2 N–H and O–H groups in total. The second-order valence-electron chi connectivity index (χ2n) is 3.76. The van der Waals surface area contributed by atoms with Crippen molar-refractivity contribution in [2.24, 2.45) is 0 Å². The summed E-state index contributed by atoms with van der Waals surface area (Å²) < 4.78 is 5.37. The third kappa shape index (κ3) is 3.55. The summed E-state index contributed by atoms with van der Waals surface area (Å²) in [5.41, 5.74) is 2.11. The SMILES string of the molecule is Cc1cccc(OCC(O)CC(=O)O)c1C. The van der Waals surface area contributed by atoms with Gasteiger partial charge in [0.15, 0.2) is 0 Å². The lowest BCUT2D eigenvalue weighted by molar-refractivity contribution is -0.139. The van der Waals surface area contributed by atoms with E-state index in [1.165, 1.54) is 0 Å². The number of rotatable bonds is 5. The van der Waals surface area contributed by atoms with E-state index in [2.05, 4.69) is 0 Å². The second-order valence-corrected chi connectivity index (χ2v) is 3.76. The molecule has 0 heterocycles. The molecule has 0 fully saturated rings. The third-order valence-electron chi connectivity index (χ3n) is 2.40. The van der Waals surface area contributed by atoms with Gasteiger partial charge >= 0.3 is 5.97 Å². The van der Waals surface area contributed by atoms with Crippen molar-refractivity contribution in [2.75, 3.05) is 6.61 Å². The minimum atomic E-state index is -1.03. The van der Waals surface area contributed by atoms with Gasteiger partial charge in [0, 0.05) is 0 Å². The van der Waals surface area contributed by atoms with Gasteiger partial charge in [-0.2, -0.15) is 0 Å². The first-order valence-electron chi connectivity index (χ1n) is 5.09. The standard InChI is InChI=1S/C12H16O4/c1-8-4-3-5-11(9(8)2)16-7-10(13)6-12(14)15/h3-5,10,13H,6-7H2,1-2H3,(H,14,15). The average Bonchev–Trinajstić information content (AvgIpc) is 2.19. The molecule has 4 nitrogen and oxygen atoms in total. The van der Waals surface area contributed by atoms with Gasteiger partial charge < -0.3 is 14.9 Å². The predicted octanol–water partition coefficient (Wildman–Crippen LogP) is 1.52. The topological polar surface area (TPSA) is 66.8 Å². The molecule has 0 spiro atoms. The van der Waals surface area contributed by atoms with Crippen LogP contribution in [0, 0.1) is 13.8 Å². The molecule has 1 atom stereocenters. The van der Waals surface area contributed by atoms with Crippen LogP contribution in [-0.2, 0) is 4.79 Å². The van der Waals surface area contributed by atoms with Crippen LogP contribution >= 0.6 is 0 Å². The Balaban J connectivity index is 2.54. The number of carboxylic acids is 1. The zero-order valence-corrected chi connectivity index (χ0v) is 9.43. The summed E-state index contributed by atoms with van der Waals surface area (Å²) in [7, 11) is 0. The van der Waals surface area contributed by atoms with E-state index < -0.39 is 12.1 Å². The second kappa shape index (κ2) is 5.51. The highest BCUT2D eigenvalue weighted by Crippen LogP contribution is 2.20. The lowest BCUT2D eigenvalue weighted by atomic mass is 10.1. The molecule has 0 saturated carbocycles. The number of benzene rings is 1. The van der Waals surface area contributed by atoms with Gasteiger partial charge in [-0.05, 0) is 31.0 Å². The molecular weight excluding hydrogens is 208 g/mol. The van der Waals surface area contributed by atoms with Crippen LogP contribution < -0.4 is 4.74 Å². The lowest BCUT2D eigenvalue weighted by Gasteiger charge is -2.13. The summed E-state index contributed by atoms with van der Waals surface area (Å²) in [6.45, 7) is 3.89. The van der Waals surface area contributed by atoms with Gasteiger partial charge in [0.25, 0.3) is 0 Å². The molecule has 0 aliphatic rings. The fourth-order valence-electron chi connectivity index (χ4n) is 1.33. The molecule has 16 heavy (non-hydrogen) atoms. The number of hydrogen-bond acceptors (Lipinski definition) is 3. The van der Waals surface area contributed by atoms with Crippen LogP contribution in [0.4, 0.5) is 0 Å². The van der Waals surface area contributed by atoms with Crippen LogP contribution in [0.2, 0.25) is 0 Å². The van der Waals surface area contributed by atoms with Gasteiger partial charge in [0.1, 0.15) is 12.4 Å². The van der Waals surface area contributed by atoms with Crippen molar-refractivity contribution in [2.45, 2.75) is 26.4 Å². The van der Waals surface area contributed by atoms with Crippen molar-refractivity contribution in [3.8, 4) is 5.75 Å². The number of carbonyl (C=O) groups is 1. The molecule has 88 valence electrons. The van der Waals surface area contributed by atoms with Gasteiger partial charge in [-0.3, -0.25) is 4.79 Å². The van der Waals surface area contributed by atoms with Gasteiger partial charge in [0.05, 0.1) is 12.5 Å². The Morgan fingerprint density at radius 2 is 2.12 bits per heavy atom. The first-order chi connectivity index (χ1) is 7.50. The number of aliphatic carboxylic acids is 1. The Kier molecular flexibility index (Phi) is 4.31. The highest BCUT2D eigenvalue weighted by Gasteiger charge is 2.11. The first kappa shape index (κ1) is 12.5. The molecule has 0 aliphatic carbocycles. The Morgan fingerprint density at radius 1 is 1.44 bits per heavy atom. The highest BCUT2D eigenvalue weighted by atomic mass is 16.5.